The number of ether oxygens (including phenoxy) is 1. The first-order valence-corrected chi connectivity index (χ1v) is 4.47. The Morgan fingerprint density at radius 3 is 2.67 bits per heavy atom. The van der Waals surface area contributed by atoms with Crippen molar-refractivity contribution in [2.24, 2.45) is 11.8 Å². The minimum atomic E-state index is -2.61. The molecule has 1 nitrogen and oxygen atoms in total. The van der Waals surface area contributed by atoms with Crippen LogP contribution in [0.1, 0.15) is 26.7 Å². The molecule has 0 amide bonds. The Morgan fingerprint density at radius 2 is 2.08 bits per heavy atom. The highest BCUT2D eigenvalue weighted by Crippen LogP contribution is 2.32. The van der Waals surface area contributed by atoms with Gasteiger partial charge in [0.1, 0.15) is 6.61 Å². The monoisotopic (exact) mass is 178 g/mol. The first-order valence-electron chi connectivity index (χ1n) is 4.47. The summed E-state index contributed by atoms with van der Waals surface area (Å²) in [6.07, 6.45) is 0.762. The van der Waals surface area contributed by atoms with E-state index in [1.54, 1.807) is 0 Å². The molecule has 0 aromatic carbocycles. The summed E-state index contributed by atoms with van der Waals surface area (Å²) in [4.78, 5) is 0. The second-order valence-electron chi connectivity index (χ2n) is 3.91. The van der Waals surface area contributed by atoms with Gasteiger partial charge in [0.15, 0.2) is 0 Å². The van der Waals surface area contributed by atoms with Crippen molar-refractivity contribution in [3.63, 3.8) is 0 Å². The second-order valence-corrected chi connectivity index (χ2v) is 3.91. The van der Waals surface area contributed by atoms with Crippen molar-refractivity contribution in [3.8, 4) is 0 Å². The zero-order valence-corrected chi connectivity index (χ0v) is 7.65. The number of hydrogen-bond acceptors (Lipinski definition) is 1. The molecular weight excluding hydrogens is 162 g/mol. The van der Waals surface area contributed by atoms with Crippen molar-refractivity contribution < 1.29 is 13.5 Å². The van der Waals surface area contributed by atoms with Gasteiger partial charge in [0.2, 0.25) is 0 Å². The number of hydrogen-bond donors (Lipinski definition) is 0. The van der Waals surface area contributed by atoms with E-state index in [1.165, 1.54) is 0 Å². The standard InChI is InChI=1S/C9H16F2O/c1-7(2)8-3-4-12-6-9(10,11)5-8/h7-8H,3-6H2,1-2H3. The Morgan fingerprint density at radius 1 is 1.42 bits per heavy atom. The molecule has 12 heavy (non-hydrogen) atoms. The van der Waals surface area contributed by atoms with Gasteiger partial charge in [-0.2, -0.15) is 0 Å². The van der Waals surface area contributed by atoms with Crippen molar-refractivity contribution in [3.05, 3.63) is 0 Å². The van der Waals surface area contributed by atoms with Crippen LogP contribution in [0, 0.1) is 11.8 Å². The Balaban J connectivity index is 2.54. The van der Waals surface area contributed by atoms with Crippen molar-refractivity contribution in [1.29, 1.82) is 0 Å². The Labute approximate surface area is 72.1 Å². The van der Waals surface area contributed by atoms with Crippen molar-refractivity contribution in [2.45, 2.75) is 32.6 Å². The normalized spacial score (nSPS) is 30.2. The Bertz CT molecular complexity index is 145. The molecule has 3 heteroatoms. The molecule has 72 valence electrons. The van der Waals surface area contributed by atoms with Gasteiger partial charge in [0.05, 0.1) is 0 Å². The lowest BCUT2D eigenvalue weighted by atomic mass is 9.88. The fourth-order valence-electron chi connectivity index (χ4n) is 1.57. The largest absolute Gasteiger partial charge is 0.375 e. The molecule has 0 radical (unpaired) electrons. The van der Waals surface area contributed by atoms with Crippen molar-refractivity contribution in [2.75, 3.05) is 13.2 Å². The maximum Gasteiger partial charge on any atom is 0.271 e. The number of alkyl halides is 2. The van der Waals surface area contributed by atoms with Gasteiger partial charge >= 0.3 is 0 Å². The van der Waals surface area contributed by atoms with Crippen LogP contribution in [-0.2, 0) is 4.74 Å². The van der Waals surface area contributed by atoms with Crippen molar-refractivity contribution in [1.82, 2.24) is 0 Å². The molecule has 0 aromatic rings. The SMILES string of the molecule is CC(C)C1CCOCC(F)(F)C1. The Kier molecular flexibility index (Phi) is 3.04. The molecule has 0 bridgehead atoms. The van der Waals surface area contributed by atoms with Crippen LogP contribution in [0.3, 0.4) is 0 Å². The Hall–Kier alpha value is -0.180. The van der Waals surface area contributed by atoms with Crippen LogP contribution in [0.4, 0.5) is 8.78 Å². The molecular formula is C9H16F2O. The topological polar surface area (TPSA) is 9.23 Å². The zero-order valence-electron chi connectivity index (χ0n) is 7.65. The molecule has 1 unspecified atom stereocenters. The highest BCUT2D eigenvalue weighted by Gasteiger charge is 2.36. The van der Waals surface area contributed by atoms with Gasteiger partial charge in [-0.1, -0.05) is 13.8 Å². The summed E-state index contributed by atoms with van der Waals surface area (Å²) in [6, 6.07) is 0. The van der Waals surface area contributed by atoms with Gasteiger partial charge in [-0.15, -0.1) is 0 Å². The molecule has 0 aromatic heterocycles. The third kappa shape index (κ3) is 2.70. The average molecular weight is 178 g/mol. The summed E-state index contributed by atoms with van der Waals surface area (Å²) in [6.45, 7) is 4.08. The fourth-order valence-corrected chi connectivity index (χ4v) is 1.57. The van der Waals surface area contributed by atoms with E-state index in [4.69, 9.17) is 4.74 Å². The van der Waals surface area contributed by atoms with Crippen LogP contribution in [0.15, 0.2) is 0 Å². The van der Waals surface area contributed by atoms with Crippen LogP contribution in [-0.4, -0.2) is 19.1 Å². The summed E-state index contributed by atoms with van der Waals surface area (Å²) < 4.78 is 30.7. The molecule has 0 aliphatic carbocycles. The van der Waals surface area contributed by atoms with E-state index < -0.39 is 12.5 Å². The van der Waals surface area contributed by atoms with Crippen LogP contribution in [0.25, 0.3) is 0 Å². The first kappa shape index (κ1) is 9.90. The van der Waals surface area contributed by atoms with Gasteiger partial charge in [-0.25, -0.2) is 8.78 Å². The molecule has 1 aliphatic heterocycles. The lowest BCUT2D eigenvalue weighted by molar-refractivity contribution is -0.0739. The van der Waals surface area contributed by atoms with Crippen LogP contribution < -0.4 is 0 Å². The van der Waals surface area contributed by atoms with Crippen LogP contribution in [0.5, 0.6) is 0 Å². The molecule has 1 fully saturated rings. The van der Waals surface area contributed by atoms with E-state index in [2.05, 4.69) is 0 Å². The third-order valence-corrected chi connectivity index (χ3v) is 2.45. The second kappa shape index (κ2) is 3.69. The maximum atomic E-state index is 12.9. The molecule has 1 atom stereocenters. The van der Waals surface area contributed by atoms with Crippen molar-refractivity contribution >= 4 is 0 Å². The summed E-state index contributed by atoms with van der Waals surface area (Å²) >= 11 is 0. The van der Waals surface area contributed by atoms with Crippen LogP contribution in [0.2, 0.25) is 0 Å². The summed E-state index contributed by atoms with van der Waals surface area (Å²) in [7, 11) is 0. The lowest BCUT2D eigenvalue weighted by Crippen LogP contribution is -2.25. The van der Waals surface area contributed by atoms with E-state index in [0.29, 0.717) is 12.5 Å². The van der Waals surface area contributed by atoms with E-state index in [0.717, 1.165) is 6.42 Å². The third-order valence-electron chi connectivity index (χ3n) is 2.45. The molecule has 0 N–H and O–H groups in total. The van der Waals surface area contributed by atoms with Gasteiger partial charge in [-0.3, -0.25) is 0 Å². The highest BCUT2D eigenvalue weighted by atomic mass is 19.3. The van der Waals surface area contributed by atoms with E-state index in [9.17, 15) is 8.78 Å². The number of rotatable bonds is 1. The number of halogens is 2. The predicted octanol–water partition coefficient (Wildman–Crippen LogP) is 2.70. The minimum Gasteiger partial charge on any atom is -0.375 e. The molecule has 0 spiro atoms. The molecule has 1 saturated heterocycles. The lowest BCUT2D eigenvalue weighted by Gasteiger charge is -2.21. The zero-order chi connectivity index (χ0) is 9.19. The molecule has 1 rings (SSSR count). The summed E-state index contributed by atoms with van der Waals surface area (Å²) in [5, 5.41) is 0. The summed E-state index contributed by atoms with van der Waals surface area (Å²) in [5.41, 5.74) is 0. The minimum absolute atomic E-state index is 0.00926. The van der Waals surface area contributed by atoms with E-state index in [-0.39, 0.29) is 12.3 Å². The van der Waals surface area contributed by atoms with Gasteiger partial charge in [0.25, 0.3) is 5.92 Å². The van der Waals surface area contributed by atoms with E-state index >= 15 is 0 Å². The maximum absolute atomic E-state index is 12.9. The summed E-state index contributed by atoms with van der Waals surface area (Å²) in [5.74, 6) is -2.16. The fraction of sp³-hybridized carbons (Fsp3) is 1.00. The van der Waals surface area contributed by atoms with E-state index in [1.807, 2.05) is 13.8 Å². The molecule has 1 aliphatic rings. The van der Waals surface area contributed by atoms with Gasteiger partial charge < -0.3 is 4.74 Å². The predicted molar refractivity (Wildman–Crippen MR) is 43.3 cm³/mol. The molecule has 1 heterocycles. The first-order chi connectivity index (χ1) is 5.51. The van der Waals surface area contributed by atoms with Gasteiger partial charge in [0, 0.05) is 13.0 Å². The smallest absolute Gasteiger partial charge is 0.271 e. The van der Waals surface area contributed by atoms with Gasteiger partial charge in [-0.05, 0) is 18.3 Å². The quantitative estimate of drug-likeness (QED) is 0.600. The molecule has 0 saturated carbocycles. The average Bonchev–Trinajstić information content (AvgIpc) is 2.10. The van der Waals surface area contributed by atoms with Crippen LogP contribution >= 0.6 is 0 Å². The highest BCUT2D eigenvalue weighted by molar-refractivity contribution is 4.76.